The fourth-order valence-electron chi connectivity index (χ4n) is 2.90. The molecule has 0 bridgehead atoms. The third kappa shape index (κ3) is 4.13. The molecule has 118 valence electrons. The molecule has 0 aliphatic rings. The molecule has 1 heteroatoms. The molecule has 0 saturated carbocycles. The summed E-state index contributed by atoms with van der Waals surface area (Å²) in [5, 5.41) is 2.52. The van der Waals surface area contributed by atoms with Crippen LogP contribution in [0.1, 0.15) is 31.9 Å². The molecule has 0 saturated heterocycles. The largest absolute Gasteiger partial charge is 0.489 e. The monoisotopic (exact) mass is 304 g/mol. The first kappa shape index (κ1) is 15.6. The van der Waals surface area contributed by atoms with Crippen molar-refractivity contribution in [2.45, 2.75) is 33.8 Å². The van der Waals surface area contributed by atoms with E-state index in [1.54, 1.807) is 0 Å². The third-order valence-electron chi connectivity index (χ3n) is 3.93. The molecular weight excluding hydrogens is 280 g/mol. The number of benzene rings is 3. The average molecular weight is 304 g/mol. The highest BCUT2D eigenvalue weighted by molar-refractivity contribution is 5.85. The lowest BCUT2D eigenvalue weighted by atomic mass is 9.88. The zero-order valence-electron chi connectivity index (χ0n) is 14.2. The summed E-state index contributed by atoms with van der Waals surface area (Å²) >= 11 is 0. The average Bonchev–Trinajstić information content (AvgIpc) is 2.53. The number of rotatable bonds is 4. The lowest BCUT2D eigenvalue weighted by Crippen LogP contribution is -2.08. The molecule has 0 N–H and O–H groups in total. The van der Waals surface area contributed by atoms with Crippen molar-refractivity contribution in [3.05, 3.63) is 77.9 Å². The predicted molar refractivity (Wildman–Crippen MR) is 97.9 cm³/mol. The molecule has 0 aliphatic heterocycles. The van der Waals surface area contributed by atoms with Crippen LogP contribution in [0.3, 0.4) is 0 Å². The molecule has 0 radical (unpaired) electrons. The Hall–Kier alpha value is -2.28. The lowest BCUT2D eigenvalue weighted by molar-refractivity contribution is 0.307. The fraction of sp³-hybridized carbons (Fsp3) is 0.273. The Kier molecular flexibility index (Phi) is 4.38. The van der Waals surface area contributed by atoms with Gasteiger partial charge in [-0.05, 0) is 45.9 Å². The molecule has 3 rings (SSSR count). The zero-order valence-corrected chi connectivity index (χ0v) is 14.2. The number of ether oxygens (including phenoxy) is 1. The van der Waals surface area contributed by atoms with Crippen LogP contribution in [0.15, 0.2) is 66.7 Å². The highest BCUT2D eigenvalue weighted by Gasteiger charge is 2.11. The minimum absolute atomic E-state index is 0.311. The van der Waals surface area contributed by atoms with Crippen LogP contribution in [0.5, 0.6) is 5.75 Å². The Morgan fingerprint density at radius 2 is 1.48 bits per heavy atom. The Bertz CT molecular complexity index is 774. The summed E-state index contributed by atoms with van der Waals surface area (Å²) in [7, 11) is 0. The van der Waals surface area contributed by atoms with Gasteiger partial charge in [-0.2, -0.15) is 0 Å². The van der Waals surface area contributed by atoms with Gasteiger partial charge in [0.25, 0.3) is 0 Å². The van der Waals surface area contributed by atoms with Gasteiger partial charge < -0.3 is 4.74 Å². The van der Waals surface area contributed by atoms with Gasteiger partial charge in [0.05, 0.1) is 0 Å². The van der Waals surface area contributed by atoms with Gasteiger partial charge in [-0.3, -0.25) is 0 Å². The van der Waals surface area contributed by atoms with Gasteiger partial charge in [0.15, 0.2) is 0 Å². The van der Waals surface area contributed by atoms with Crippen molar-refractivity contribution in [1.29, 1.82) is 0 Å². The van der Waals surface area contributed by atoms with Crippen molar-refractivity contribution in [2.24, 2.45) is 5.41 Å². The number of hydrogen-bond acceptors (Lipinski definition) is 1. The highest BCUT2D eigenvalue weighted by Crippen LogP contribution is 2.24. The molecule has 0 atom stereocenters. The zero-order chi connectivity index (χ0) is 16.3. The summed E-state index contributed by atoms with van der Waals surface area (Å²) in [5.41, 5.74) is 2.89. The Balaban J connectivity index is 1.70. The number of fused-ring (bicyclic) bond motifs is 1. The molecule has 0 unspecified atom stereocenters. The van der Waals surface area contributed by atoms with E-state index >= 15 is 0 Å². The van der Waals surface area contributed by atoms with Crippen molar-refractivity contribution in [2.75, 3.05) is 0 Å². The Morgan fingerprint density at radius 1 is 0.783 bits per heavy atom. The van der Waals surface area contributed by atoms with E-state index in [9.17, 15) is 0 Å². The van der Waals surface area contributed by atoms with Gasteiger partial charge in [0.1, 0.15) is 12.4 Å². The van der Waals surface area contributed by atoms with Crippen LogP contribution in [0.4, 0.5) is 0 Å². The van der Waals surface area contributed by atoms with E-state index in [2.05, 4.69) is 87.5 Å². The molecule has 0 aliphatic carbocycles. The second-order valence-corrected chi connectivity index (χ2v) is 7.31. The van der Waals surface area contributed by atoms with Crippen LogP contribution >= 0.6 is 0 Å². The van der Waals surface area contributed by atoms with E-state index in [0.717, 1.165) is 12.2 Å². The second kappa shape index (κ2) is 6.45. The maximum absolute atomic E-state index is 5.99. The highest BCUT2D eigenvalue weighted by atomic mass is 16.5. The maximum atomic E-state index is 5.99. The normalized spacial score (nSPS) is 11.6. The van der Waals surface area contributed by atoms with Gasteiger partial charge in [0.2, 0.25) is 0 Å². The van der Waals surface area contributed by atoms with Gasteiger partial charge >= 0.3 is 0 Å². The van der Waals surface area contributed by atoms with E-state index in [1.807, 2.05) is 0 Å². The molecule has 0 amide bonds. The van der Waals surface area contributed by atoms with Gasteiger partial charge in [-0.25, -0.2) is 0 Å². The first-order valence-corrected chi connectivity index (χ1v) is 8.20. The smallest absolute Gasteiger partial charge is 0.119 e. The van der Waals surface area contributed by atoms with Crippen molar-refractivity contribution in [3.8, 4) is 5.75 Å². The van der Waals surface area contributed by atoms with Crippen LogP contribution < -0.4 is 4.74 Å². The van der Waals surface area contributed by atoms with E-state index < -0.39 is 0 Å². The molecule has 3 aromatic carbocycles. The van der Waals surface area contributed by atoms with Gasteiger partial charge in [-0.15, -0.1) is 0 Å². The van der Waals surface area contributed by atoms with E-state index in [4.69, 9.17) is 4.74 Å². The van der Waals surface area contributed by atoms with Gasteiger partial charge in [-0.1, -0.05) is 75.4 Å². The standard InChI is InChI=1S/C22H24O/c1-22(2,3)15-17-11-13-20(14-12-17)23-16-19-9-6-8-18-7-4-5-10-21(18)19/h4-14H,15-16H2,1-3H3. The van der Waals surface area contributed by atoms with Crippen LogP contribution in [-0.4, -0.2) is 0 Å². The molecular formula is C22H24O. The van der Waals surface area contributed by atoms with Crippen LogP contribution in [0.25, 0.3) is 10.8 Å². The molecule has 3 aromatic rings. The second-order valence-electron chi connectivity index (χ2n) is 7.31. The molecule has 0 aromatic heterocycles. The summed E-state index contributed by atoms with van der Waals surface area (Å²) in [6, 6.07) is 23.3. The van der Waals surface area contributed by atoms with E-state index in [1.165, 1.54) is 21.9 Å². The predicted octanol–water partition coefficient (Wildman–Crippen LogP) is 6.01. The Morgan fingerprint density at radius 3 is 2.22 bits per heavy atom. The van der Waals surface area contributed by atoms with Crippen LogP contribution in [-0.2, 0) is 13.0 Å². The van der Waals surface area contributed by atoms with E-state index in [0.29, 0.717) is 12.0 Å². The molecule has 23 heavy (non-hydrogen) atoms. The van der Waals surface area contributed by atoms with Crippen molar-refractivity contribution < 1.29 is 4.74 Å². The van der Waals surface area contributed by atoms with Crippen molar-refractivity contribution in [1.82, 2.24) is 0 Å². The molecule has 1 nitrogen and oxygen atoms in total. The van der Waals surface area contributed by atoms with Crippen LogP contribution in [0, 0.1) is 5.41 Å². The fourth-order valence-corrected chi connectivity index (χ4v) is 2.90. The van der Waals surface area contributed by atoms with Crippen molar-refractivity contribution >= 4 is 10.8 Å². The SMILES string of the molecule is CC(C)(C)Cc1ccc(OCc2cccc3ccccc23)cc1. The lowest BCUT2D eigenvalue weighted by Gasteiger charge is -2.18. The first-order chi connectivity index (χ1) is 11.0. The topological polar surface area (TPSA) is 9.23 Å². The van der Waals surface area contributed by atoms with Crippen LogP contribution in [0.2, 0.25) is 0 Å². The third-order valence-corrected chi connectivity index (χ3v) is 3.93. The summed E-state index contributed by atoms with van der Waals surface area (Å²) in [5.74, 6) is 0.926. The quantitative estimate of drug-likeness (QED) is 0.573. The Labute approximate surface area is 138 Å². The van der Waals surface area contributed by atoms with E-state index in [-0.39, 0.29) is 0 Å². The summed E-state index contributed by atoms with van der Waals surface area (Å²) in [4.78, 5) is 0. The minimum Gasteiger partial charge on any atom is -0.489 e. The van der Waals surface area contributed by atoms with Gasteiger partial charge in [0, 0.05) is 0 Å². The molecule has 0 fully saturated rings. The summed E-state index contributed by atoms with van der Waals surface area (Å²) in [6.45, 7) is 7.38. The van der Waals surface area contributed by atoms with Crippen molar-refractivity contribution in [3.63, 3.8) is 0 Å². The molecule has 0 spiro atoms. The number of hydrogen-bond donors (Lipinski definition) is 0. The summed E-state index contributed by atoms with van der Waals surface area (Å²) in [6.07, 6.45) is 1.08. The minimum atomic E-state index is 0.311. The summed E-state index contributed by atoms with van der Waals surface area (Å²) < 4.78 is 5.99. The molecule has 0 heterocycles. The maximum Gasteiger partial charge on any atom is 0.119 e. The first-order valence-electron chi connectivity index (χ1n) is 8.20.